The molecular formula is C24H31NO7. The molecule has 2 N–H and O–H groups in total. The first-order chi connectivity index (χ1) is 15.2. The average molecular weight is 446 g/mol. The summed E-state index contributed by atoms with van der Waals surface area (Å²) in [6.07, 6.45) is 0.577. The van der Waals surface area contributed by atoms with Crippen LogP contribution in [0.4, 0.5) is 4.79 Å². The molecule has 8 nitrogen and oxygen atoms in total. The second kappa shape index (κ2) is 7.71. The van der Waals surface area contributed by atoms with Crippen molar-refractivity contribution in [1.29, 1.82) is 0 Å². The van der Waals surface area contributed by atoms with Crippen molar-refractivity contribution in [3.05, 3.63) is 35.9 Å². The van der Waals surface area contributed by atoms with Gasteiger partial charge in [-0.25, -0.2) is 14.6 Å². The summed E-state index contributed by atoms with van der Waals surface area (Å²) in [5.41, 5.74) is 5.56. The Hall–Kier alpha value is -2.16. The third kappa shape index (κ3) is 3.23. The smallest absolute Gasteiger partial charge is 0.404 e. The monoisotopic (exact) mass is 445 g/mol. The van der Waals surface area contributed by atoms with Crippen molar-refractivity contribution in [1.82, 2.24) is 0 Å². The predicted octanol–water partition coefficient (Wildman–Crippen LogP) is 3.50. The van der Waals surface area contributed by atoms with Crippen LogP contribution in [0.3, 0.4) is 0 Å². The number of carbonyl (C=O) groups excluding carboxylic acids is 2. The molecule has 2 bridgehead atoms. The van der Waals surface area contributed by atoms with E-state index in [0.29, 0.717) is 12.8 Å². The highest BCUT2D eigenvalue weighted by Gasteiger charge is 2.71. The lowest BCUT2D eigenvalue weighted by Gasteiger charge is -2.60. The van der Waals surface area contributed by atoms with E-state index in [1.807, 2.05) is 32.0 Å². The summed E-state index contributed by atoms with van der Waals surface area (Å²) in [5, 5.41) is 0. The first-order valence-electron chi connectivity index (χ1n) is 11.5. The Morgan fingerprint density at radius 1 is 1.22 bits per heavy atom. The minimum Gasteiger partial charge on any atom is -0.449 e. The van der Waals surface area contributed by atoms with Crippen molar-refractivity contribution in [3.8, 4) is 0 Å². The van der Waals surface area contributed by atoms with Gasteiger partial charge < -0.3 is 19.9 Å². The number of benzene rings is 1. The summed E-state index contributed by atoms with van der Waals surface area (Å²) in [7, 11) is 0. The molecule has 6 rings (SSSR count). The lowest BCUT2D eigenvalue weighted by molar-refractivity contribution is -0.560. The molecule has 1 amide bonds. The van der Waals surface area contributed by atoms with E-state index in [2.05, 4.69) is 19.1 Å². The van der Waals surface area contributed by atoms with Crippen LogP contribution >= 0.6 is 0 Å². The normalized spacial score (nSPS) is 43.5. The van der Waals surface area contributed by atoms with Crippen LogP contribution in [0.1, 0.15) is 51.5 Å². The van der Waals surface area contributed by atoms with Crippen LogP contribution in [-0.2, 0) is 28.8 Å². The molecule has 0 radical (unpaired) electrons. The van der Waals surface area contributed by atoms with Crippen molar-refractivity contribution in [2.24, 2.45) is 35.3 Å². The van der Waals surface area contributed by atoms with E-state index in [-0.39, 0.29) is 48.1 Å². The van der Waals surface area contributed by atoms with Gasteiger partial charge in [0, 0.05) is 24.2 Å². The maximum absolute atomic E-state index is 12.8. The molecule has 1 spiro atoms. The third-order valence-corrected chi connectivity index (χ3v) is 8.34. The lowest BCUT2D eigenvalue weighted by atomic mass is 9.52. The van der Waals surface area contributed by atoms with E-state index in [1.165, 1.54) is 0 Å². The predicted molar refractivity (Wildman–Crippen MR) is 112 cm³/mol. The van der Waals surface area contributed by atoms with Gasteiger partial charge in [0.2, 0.25) is 12.1 Å². The fraction of sp³-hybridized carbons (Fsp3) is 0.667. The lowest BCUT2D eigenvalue weighted by Crippen LogP contribution is -2.70. The molecule has 4 saturated heterocycles. The van der Waals surface area contributed by atoms with Gasteiger partial charge in [0.15, 0.2) is 5.60 Å². The Kier molecular flexibility index (Phi) is 5.22. The molecule has 1 aromatic carbocycles. The zero-order valence-electron chi connectivity index (χ0n) is 18.7. The van der Waals surface area contributed by atoms with Crippen molar-refractivity contribution in [2.45, 2.75) is 63.6 Å². The highest BCUT2D eigenvalue weighted by atomic mass is 17.3. The van der Waals surface area contributed by atoms with Crippen LogP contribution in [0.25, 0.3) is 0 Å². The van der Waals surface area contributed by atoms with Gasteiger partial charge in [-0.3, -0.25) is 4.79 Å². The number of hydrogen-bond donors (Lipinski definition) is 1. The second-order valence-corrected chi connectivity index (χ2v) is 9.99. The SMILES string of the molecule is C[C@H]1[C@@H](C(COC(N)=O)c2ccccc2)C[C@H]2[C@@H](C)C(=O)O[C@@H]3O[C@@]4(C)CC[C@@H]1[C@]32OO4. The number of fused-ring (bicyclic) bond motifs is 2. The van der Waals surface area contributed by atoms with Crippen LogP contribution in [0.2, 0.25) is 0 Å². The van der Waals surface area contributed by atoms with E-state index in [0.717, 1.165) is 12.0 Å². The Morgan fingerprint density at radius 3 is 2.69 bits per heavy atom. The van der Waals surface area contributed by atoms with E-state index in [1.54, 1.807) is 0 Å². The quantitative estimate of drug-likeness (QED) is 0.558. The fourth-order valence-electron chi connectivity index (χ4n) is 6.65. The van der Waals surface area contributed by atoms with Gasteiger partial charge in [0.05, 0.1) is 5.92 Å². The highest BCUT2D eigenvalue weighted by molar-refractivity contribution is 5.74. The molecule has 1 saturated carbocycles. The Morgan fingerprint density at radius 2 is 1.97 bits per heavy atom. The molecule has 8 heteroatoms. The summed E-state index contributed by atoms with van der Waals surface area (Å²) < 4.78 is 17.3. The van der Waals surface area contributed by atoms with Crippen molar-refractivity contribution >= 4 is 12.1 Å². The fourth-order valence-corrected chi connectivity index (χ4v) is 6.65. The van der Waals surface area contributed by atoms with Crippen LogP contribution in [0.15, 0.2) is 30.3 Å². The van der Waals surface area contributed by atoms with Crippen molar-refractivity contribution in [3.63, 3.8) is 0 Å². The summed E-state index contributed by atoms with van der Waals surface area (Å²) in [4.78, 5) is 36.2. The van der Waals surface area contributed by atoms with E-state index < -0.39 is 23.8 Å². The summed E-state index contributed by atoms with van der Waals surface area (Å²) in [6, 6.07) is 10.0. The minimum atomic E-state index is -0.943. The Bertz CT molecular complexity index is 894. The van der Waals surface area contributed by atoms with Gasteiger partial charge in [-0.2, -0.15) is 0 Å². The number of nitrogens with two attached hydrogens (primary N) is 1. The van der Waals surface area contributed by atoms with Gasteiger partial charge in [0.1, 0.15) is 6.61 Å². The zero-order chi connectivity index (χ0) is 22.7. The number of esters is 1. The van der Waals surface area contributed by atoms with E-state index in [9.17, 15) is 9.59 Å². The average Bonchev–Trinajstić information content (AvgIpc) is 2.99. The van der Waals surface area contributed by atoms with Crippen LogP contribution in [0, 0.1) is 29.6 Å². The first-order valence-corrected chi connectivity index (χ1v) is 11.5. The standard InChI is InChI=1S/C24H31NO7/c1-13-16(17(12-28-22(25)27)15-7-5-4-6-8-15)11-19-14(2)20(26)29-21-24(19)18(13)9-10-23(3,30-21)31-32-24/h4-8,13-14,16-19,21H,9-12H2,1-3H3,(H2,25,27)/t13-,14+,16-,17?,18-,19-,21+,23+,24+/m0/s1. The molecule has 1 unspecified atom stereocenters. The molecular weight excluding hydrogens is 414 g/mol. The van der Waals surface area contributed by atoms with E-state index >= 15 is 0 Å². The summed E-state index contributed by atoms with van der Waals surface area (Å²) in [5.74, 6) is -1.43. The molecule has 1 aromatic rings. The van der Waals surface area contributed by atoms with Crippen LogP contribution in [-0.4, -0.2) is 36.3 Å². The third-order valence-electron chi connectivity index (χ3n) is 8.34. The number of carbonyl (C=O) groups is 2. The molecule has 4 aliphatic heterocycles. The molecule has 0 aromatic heterocycles. The largest absolute Gasteiger partial charge is 0.449 e. The minimum absolute atomic E-state index is 0.0518. The molecule has 4 heterocycles. The molecule has 174 valence electrons. The maximum Gasteiger partial charge on any atom is 0.404 e. The van der Waals surface area contributed by atoms with Gasteiger partial charge in [-0.05, 0) is 37.2 Å². The molecule has 5 fully saturated rings. The molecule has 9 atom stereocenters. The number of primary amides is 1. The van der Waals surface area contributed by atoms with Crippen LogP contribution < -0.4 is 5.73 Å². The second-order valence-electron chi connectivity index (χ2n) is 9.99. The summed E-state index contributed by atoms with van der Waals surface area (Å²) >= 11 is 0. The zero-order valence-corrected chi connectivity index (χ0v) is 18.7. The van der Waals surface area contributed by atoms with Crippen molar-refractivity contribution < 1.29 is 33.6 Å². The van der Waals surface area contributed by atoms with Gasteiger partial charge in [-0.1, -0.05) is 44.2 Å². The van der Waals surface area contributed by atoms with Gasteiger partial charge in [-0.15, -0.1) is 0 Å². The molecule has 32 heavy (non-hydrogen) atoms. The number of amides is 1. The topological polar surface area (TPSA) is 106 Å². The number of hydrogen-bond acceptors (Lipinski definition) is 7. The Balaban J connectivity index is 1.56. The first kappa shape index (κ1) is 21.7. The maximum atomic E-state index is 12.8. The molecule has 1 aliphatic carbocycles. The Labute approximate surface area is 187 Å². The highest BCUT2D eigenvalue weighted by Crippen LogP contribution is 2.62. The molecule has 5 aliphatic rings. The van der Waals surface area contributed by atoms with E-state index in [4.69, 9.17) is 29.7 Å². The van der Waals surface area contributed by atoms with Gasteiger partial charge in [0.25, 0.3) is 0 Å². The number of ether oxygens (including phenoxy) is 3. The van der Waals surface area contributed by atoms with Gasteiger partial charge >= 0.3 is 12.1 Å². The summed E-state index contributed by atoms with van der Waals surface area (Å²) in [6.45, 7) is 6.12. The van der Waals surface area contributed by atoms with Crippen molar-refractivity contribution in [2.75, 3.05) is 6.61 Å². The van der Waals surface area contributed by atoms with Crippen LogP contribution in [0.5, 0.6) is 0 Å². The number of rotatable bonds is 4.